The summed E-state index contributed by atoms with van der Waals surface area (Å²) < 4.78 is 0.702. The van der Waals surface area contributed by atoms with E-state index in [0.717, 1.165) is 0 Å². The van der Waals surface area contributed by atoms with E-state index in [0.29, 0.717) is 16.5 Å². The van der Waals surface area contributed by atoms with Gasteiger partial charge in [-0.1, -0.05) is 22.0 Å². The maximum Gasteiger partial charge on any atom is 0.139 e. The molecule has 0 aliphatic rings. The first-order valence-corrected chi connectivity index (χ1v) is 5.19. The zero-order valence-electron chi connectivity index (χ0n) is 8.48. The minimum absolute atomic E-state index is 0. The SMILES string of the molecule is C=CC[C@H](N)c1c(Br)ccc(C#N)c1O.Cl. The Morgan fingerprint density at radius 2 is 2.25 bits per heavy atom. The van der Waals surface area contributed by atoms with E-state index in [1.165, 1.54) is 0 Å². The number of hydrogen-bond acceptors (Lipinski definition) is 3. The average molecular weight is 304 g/mol. The molecular weight excluding hydrogens is 291 g/mol. The van der Waals surface area contributed by atoms with Crippen LogP contribution in [0.25, 0.3) is 0 Å². The largest absolute Gasteiger partial charge is 0.506 e. The van der Waals surface area contributed by atoms with E-state index in [2.05, 4.69) is 22.5 Å². The molecule has 1 atom stereocenters. The van der Waals surface area contributed by atoms with Crippen LogP contribution in [0, 0.1) is 11.3 Å². The van der Waals surface area contributed by atoms with Gasteiger partial charge >= 0.3 is 0 Å². The van der Waals surface area contributed by atoms with Gasteiger partial charge in [-0.3, -0.25) is 0 Å². The smallest absolute Gasteiger partial charge is 0.139 e. The van der Waals surface area contributed by atoms with Gasteiger partial charge in [-0.25, -0.2) is 0 Å². The molecule has 0 fully saturated rings. The van der Waals surface area contributed by atoms with Gasteiger partial charge in [-0.2, -0.15) is 5.26 Å². The Kier molecular flexibility index (Phi) is 6.12. The molecule has 16 heavy (non-hydrogen) atoms. The summed E-state index contributed by atoms with van der Waals surface area (Å²) in [6.45, 7) is 3.59. The van der Waals surface area contributed by atoms with Gasteiger partial charge in [0.1, 0.15) is 11.8 Å². The van der Waals surface area contributed by atoms with E-state index in [4.69, 9.17) is 11.0 Å². The molecule has 5 heteroatoms. The molecule has 0 spiro atoms. The van der Waals surface area contributed by atoms with Crippen molar-refractivity contribution in [2.75, 3.05) is 0 Å². The van der Waals surface area contributed by atoms with Crippen molar-refractivity contribution in [3.63, 3.8) is 0 Å². The van der Waals surface area contributed by atoms with Crippen LogP contribution < -0.4 is 5.73 Å². The first-order chi connectivity index (χ1) is 7.11. The molecule has 0 amide bonds. The first kappa shape index (κ1) is 15.0. The number of nitrogens with two attached hydrogens (primary N) is 1. The molecule has 0 aromatic heterocycles. The molecule has 0 saturated heterocycles. The molecule has 0 radical (unpaired) electrons. The van der Waals surface area contributed by atoms with Gasteiger partial charge in [0.15, 0.2) is 0 Å². The maximum atomic E-state index is 9.80. The highest BCUT2D eigenvalue weighted by Gasteiger charge is 2.16. The number of phenolic OH excluding ortho intramolecular Hbond substituents is 1. The number of halogens is 2. The van der Waals surface area contributed by atoms with Crippen molar-refractivity contribution in [3.8, 4) is 11.8 Å². The number of benzene rings is 1. The average Bonchev–Trinajstić information content (AvgIpc) is 2.18. The zero-order chi connectivity index (χ0) is 11.4. The summed E-state index contributed by atoms with van der Waals surface area (Å²) in [5.41, 5.74) is 6.64. The van der Waals surface area contributed by atoms with Gasteiger partial charge in [0.05, 0.1) is 5.56 Å². The van der Waals surface area contributed by atoms with E-state index >= 15 is 0 Å². The lowest BCUT2D eigenvalue weighted by Crippen LogP contribution is -2.10. The predicted molar refractivity (Wildman–Crippen MR) is 69.5 cm³/mol. The van der Waals surface area contributed by atoms with Gasteiger partial charge in [-0.05, 0) is 18.6 Å². The summed E-state index contributed by atoms with van der Waals surface area (Å²) in [6.07, 6.45) is 2.22. The van der Waals surface area contributed by atoms with E-state index in [-0.39, 0.29) is 29.8 Å². The summed E-state index contributed by atoms with van der Waals surface area (Å²) in [5, 5.41) is 18.6. The Bertz CT molecular complexity index is 429. The van der Waals surface area contributed by atoms with E-state index in [9.17, 15) is 5.11 Å². The van der Waals surface area contributed by atoms with Crippen LogP contribution in [-0.4, -0.2) is 5.11 Å². The van der Waals surface area contributed by atoms with Gasteiger partial charge < -0.3 is 10.8 Å². The second-order valence-electron chi connectivity index (χ2n) is 3.10. The Morgan fingerprint density at radius 1 is 1.62 bits per heavy atom. The lowest BCUT2D eigenvalue weighted by molar-refractivity contribution is 0.459. The summed E-state index contributed by atoms with van der Waals surface area (Å²) in [5.74, 6) is -0.0544. The van der Waals surface area contributed by atoms with Crippen LogP contribution in [0.5, 0.6) is 5.75 Å². The highest BCUT2D eigenvalue weighted by atomic mass is 79.9. The molecule has 1 rings (SSSR count). The van der Waals surface area contributed by atoms with Gasteiger partial charge in [0.2, 0.25) is 0 Å². The fourth-order valence-corrected chi connectivity index (χ4v) is 1.94. The van der Waals surface area contributed by atoms with E-state index < -0.39 is 0 Å². The summed E-state index contributed by atoms with van der Waals surface area (Å²) in [4.78, 5) is 0. The molecule has 0 heterocycles. The minimum Gasteiger partial charge on any atom is -0.506 e. The van der Waals surface area contributed by atoms with Crippen molar-refractivity contribution in [1.82, 2.24) is 0 Å². The third-order valence-corrected chi connectivity index (χ3v) is 2.77. The third-order valence-electron chi connectivity index (χ3n) is 2.08. The summed E-state index contributed by atoms with van der Waals surface area (Å²) in [7, 11) is 0. The van der Waals surface area contributed by atoms with Crippen molar-refractivity contribution in [3.05, 3.63) is 40.4 Å². The van der Waals surface area contributed by atoms with Crippen LogP contribution in [0.2, 0.25) is 0 Å². The Morgan fingerprint density at radius 3 is 2.75 bits per heavy atom. The fraction of sp³-hybridized carbons (Fsp3) is 0.182. The summed E-state index contributed by atoms with van der Waals surface area (Å²) in [6, 6.07) is 4.80. The third kappa shape index (κ3) is 2.99. The summed E-state index contributed by atoms with van der Waals surface area (Å²) >= 11 is 3.30. The quantitative estimate of drug-likeness (QED) is 0.843. The van der Waals surface area contributed by atoms with Gasteiger partial charge in [0, 0.05) is 16.1 Å². The molecule has 0 saturated carbocycles. The highest BCUT2D eigenvalue weighted by Crippen LogP contribution is 2.34. The highest BCUT2D eigenvalue weighted by molar-refractivity contribution is 9.10. The van der Waals surface area contributed by atoms with Crippen LogP contribution in [0.1, 0.15) is 23.6 Å². The molecule has 86 valence electrons. The van der Waals surface area contributed by atoms with Crippen LogP contribution in [0.3, 0.4) is 0 Å². The lowest BCUT2D eigenvalue weighted by atomic mass is 10.0. The van der Waals surface area contributed by atoms with Crippen molar-refractivity contribution < 1.29 is 5.11 Å². The predicted octanol–water partition coefficient (Wildman–Crippen LogP) is 3.02. The molecule has 3 nitrogen and oxygen atoms in total. The number of aromatic hydroxyl groups is 1. The molecular formula is C11H12BrClN2O. The Hall–Kier alpha value is -1.02. The Balaban J connectivity index is 0.00000225. The lowest BCUT2D eigenvalue weighted by Gasteiger charge is -2.14. The fourth-order valence-electron chi connectivity index (χ4n) is 1.32. The van der Waals surface area contributed by atoms with Crippen molar-refractivity contribution in [2.45, 2.75) is 12.5 Å². The van der Waals surface area contributed by atoms with Crippen LogP contribution in [0.4, 0.5) is 0 Å². The van der Waals surface area contributed by atoms with Crippen molar-refractivity contribution in [2.24, 2.45) is 5.73 Å². The molecule has 0 unspecified atom stereocenters. The molecule has 1 aromatic carbocycles. The van der Waals surface area contributed by atoms with Crippen LogP contribution >= 0.6 is 28.3 Å². The van der Waals surface area contributed by atoms with E-state index in [1.54, 1.807) is 18.2 Å². The number of nitriles is 1. The normalized spacial score (nSPS) is 11.1. The first-order valence-electron chi connectivity index (χ1n) is 4.39. The standard InChI is InChI=1S/C11H11BrN2O.ClH/c1-2-3-9(14)10-8(12)5-4-7(6-13)11(10)15;/h2,4-5,9,15H,1,3,14H2;1H/t9-;/m0./s1. The molecule has 0 bridgehead atoms. The molecule has 3 N–H and O–H groups in total. The van der Waals surface area contributed by atoms with Gasteiger partial charge in [0.25, 0.3) is 0 Å². The topological polar surface area (TPSA) is 70.0 Å². The molecule has 1 aromatic rings. The molecule has 0 aliphatic heterocycles. The van der Waals surface area contributed by atoms with E-state index in [1.807, 2.05) is 6.07 Å². The number of rotatable bonds is 3. The van der Waals surface area contributed by atoms with Crippen molar-refractivity contribution in [1.29, 1.82) is 5.26 Å². The van der Waals surface area contributed by atoms with Gasteiger partial charge in [-0.15, -0.1) is 19.0 Å². The second kappa shape index (κ2) is 6.54. The maximum absolute atomic E-state index is 9.80. The van der Waals surface area contributed by atoms with Crippen molar-refractivity contribution >= 4 is 28.3 Å². The Labute approximate surface area is 109 Å². The number of phenols is 1. The zero-order valence-corrected chi connectivity index (χ0v) is 10.9. The number of hydrogen-bond donors (Lipinski definition) is 2. The molecule has 0 aliphatic carbocycles. The number of nitrogens with zero attached hydrogens (tertiary/aromatic N) is 1. The van der Waals surface area contributed by atoms with Crippen LogP contribution in [-0.2, 0) is 0 Å². The monoisotopic (exact) mass is 302 g/mol. The van der Waals surface area contributed by atoms with Crippen LogP contribution in [0.15, 0.2) is 29.3 Å². The minimum atomic E-state index is -0.356. The second-order valence-corrected chi connectivity index (χ2v) is 3.95.